The predicted molar refractivity (Wildman–Crippen MR) is 126 cm³/mol. The Kier molecular flexibility index (Phi) is 6.41. The number of nitrogens with one attached hydrogen (secondary N) is 1. The van der Waals surface area contributed by atoms with E-state index in [4.69, 9.17) is 16.3 Å². The summed E-state index contributed by atoms with van der Waals surface area (Å²) in [6.45, 7) is 2.83. The van der Waals surface area contributed by atoms with E-state index in [9.17, 15) is 9.59 Å². The smallest absolute Gasteiger partial charge is 0.414 e. The molecule has 2 aromatic carbocycles. The van der Waals surface area contributed by atoms with Gasteiger partial charge in [0, 0.05) is 24.7 Å². The third-order valence-electron chi connectivity index (χ3n) is 5.40. The van der Waals surface area contributed by atoms with Gasteiger partial charge in [-0.3, -0.25) is 14.6 Å². The Labute approximate surface area is 196 Å². The van der Waals surface area contributed by atoms with E-state index in [0.717, 1.165) is 21.8 Å². The lowest BCUT2D eigenvalue weighted by molar-refractivity contribution is -0.553. The van der Waals surface area contributed by atoms with Gasteiger partial charge in [0.05, 0.1) is 19.4 Å². The molecule has 0 aliphatic carbocycles. The fourth-order valence-corrected chi connectivity index (χ4v) is 3.84. The van der Waals surface area contributed by atoms with Gasteiger partial charge in [-0.2, -0.15) is 5.43 Å². The van der Waals surface area contributed by atoms with Crippen molar-refractivity contribution in [2.45, 2.75) is 19.5 Å². The summed E-state index contributed by atoms with van der Waals surface area (Å²) in [5.74, 6) is 1.11. The lowest BCUT2D eigenvalue weighted by atomic mass is 10.1. The zero-order chi connectivity index (χ0) is 23.5. The molecule has 2 aliphatic heterocycles. The number of hydrogen-bond acceptors (Lipinski definition) is 6. The van der Waals surface area contributed by atoms with Crippen molar-refractivity contribution >= 4 is 41.5 Å². The van der Waals surface area contributed by atoms with Gasteiger partial charge >= 0.3 is 12.0 Å². The van der Waals surface area contributed by atoms with Crippen LogP contribution < -0.4 is 10.2 Å². The molecule has 3 amide bonds. The van der Waals surface area contributed by atoms with Crippen LogP contribution in [0.4, 0.5) is 4.79 Å². The summed E-state index contributed by atoms with van der Waals surface area (Å²) < 4.78 is 7.21. The van der Waals surface area contributed by atoms with Gasteiger partial charge in [0.2, 0.25) is 11.9 Å². The van der Waals surface area contributed by atoms with Crippen LogP contribution in [0.2, 0.25) is 5.02 Å². The van der Waals surface area contributed by atoms with E-state index in [1.165, 1.54) is 11.9 Å². The molecule has 2 aliphatic rings. The number of carbonyl (C=O) groups excluding carboxylic acids is 2. The number of amides is 3. The molecule has 0 radical (unpaired) electrons. The molecule has 1 N–H and O–H groups in total. The van der Waals surface area contributed by atoms with Crippen molar-refractivity contribution in [1.29, 1.82) is 0 Å². The molecule has 2 heterocycles. The summed E-state index contributed by atoms with van der Waals surface area (Å²) in [4.78, 5) is 32.4. The standard InChI is InChI=1S/C23H23ClN6O3/c1-4-33-17-11-9-15(10-12-17)13-25-27-22-26-20-19(21(31)29(3)23(32)28(20)2)30(22)14-16-7-5-6-8-18(16)24/h5-13,19H,4,14H2,1-3H3/p+1/b25-13+. The van der Waals surface area contributed by atoms with Gasteiger partial charge in [-0.25, -0.2) is 9.37 Å². The molecule has 0 saturated carbocycles. The number of amidine groups is 1. The van der Waals surface area contributed by atoms with E-state index >= 15 is 0 Å². The highest BCUT2D eigenvalue weighted by Gasteiger charge is 2.51. The number of aliphatic imine (C=N–C) groups is 1. The first-order valence-electron chi connectivity index (χ1n) is 10.4. The van der Waals surface area contributed by atoms with Crippen LogP contribution in [0.15, 0.2) is 58.6 Å². The summed E-state index contributed by atoms with van der Waals surface area (Å²) in [6.07, 6.45) is 1.64. The number of benzene rings is 2. The maximum Gasteiger partial charge on any atom is 0.414 e. The number of nitrogens with zero attached hydrogens (tertiary/aromatic N) is 5. The number of hydrazone groups is 1. The number of halogens is 1. The fraction of sp³-hybridized carbons (Fsp3) is 0.261. The van der Waals surface area contributed by atoms with Crippen LogP contribution in [0, 0.1) is 0 Å². The number of carbonyl (C=O) groups is 2. The Bertz CT molecular complexity index is 1170. The van der Waals surface area contributed by atoms with E-state index < -0.39 is 12.1 Å². The average molecular weight is 468 g/mol. The Morgan fingerprint density at radius 2 is 1.88 bits per heavy atom. The zero-order valence-electron chi connectivity index (χ0n) is 18.5. The third-order valence-corrected chi connectivity index (χ3v) is 5.77. The topological polar surface area (TPSA) is 89.6 Å². The molecular weight excluding hydrogens is 444 g/mol. The van der Waals surface area contributed by atoms with Crippen molar-refractivity contribution in [2.24, 2.45) is 10.1 Å². The van der Waals surface area contributed by atoms with Crippen LogP contribution in [0.5, 0.6) is 5.75 Å². The molecule has 4 rings (SSSR count). The highest BCUT2D eigenvalue weighted by molar-refractivity contribution is 6.31. The first-order valence-corrected chi connectivity index (χ1v) is 10.8. The molecule has 170 valence electrons. The highest BCUT2D eigenvalue weighted by Crippen LogP contribution is 2.23. The predicted octanol–water partition coefficient (Wildman–Crippen LogP) is 2.54. The van der Waals surface area contributed by atoms with Crippen LogP contribution in [0.25, 0.3) is 0 Å². The van der Waals surface area contributed by atoms with E-state index in [0.29, 0.717) is 30.0 Å². The van der Waals surface area contributed by atoms with Crippen LogP contribution in [0.3, 0.4) is 0 Å². The number of imide groups is 1. The Morgan fingerprint density at radius 3 is 2.58 bits per heavy atom. The molecule has 2 aromatic rings. The average Bonchev–Trinajstić information content (AvgIpc) is 3.17. The lowest BCUT2D eigenvalue weighted by Gasteiger charge is -2.31. The molecule has 9 nitrogen and oxygen atoms in total. The molecule has 1 unspecified atom stereocenters. The summed E-state index contributed by atoms with van der Waals surface area (Å²) in [5, 5.41) is 4.87. The van der Waals surface area contributed by atoms with Gasteiger partial charge in [-0.05, 0) is 42.8 Å². The van der Waals surface area contributed by atoms with Gasteiger partial charge in [-0.15, -0.1) is 5.10 Å². The van der Waals surface area contributed by atoms with E-state index in [1.54, 1.807) is 23.9 Å². The van der Waals surface area contributed by atoms with Crippen LogP contribution in [-0.2, 0) is 11.3 Å². The van der Waals surface area contributed by atoms with Gasteiger partial charge in [0.1, 0.15) is 5.75 Å². The minimum atomic E-state index is -0.767. The fourth-order valence-electron chi connectivity index (χ4n) is 3.65. The van der Waals surface area contributed by atoms with Crippen LogP contribution in [-0.4, -0.2) is 71.1 Å². The Balaban J connectivity index is 1.64. The number of guanidine groups is 1. The van der Waals surface area contributed by atoms with Gasteiger partial charge in [0.15, 0.2) is 0 Å². The first kappa shape index (κ1) is 22.5. The van der Waals surface area contributed by atoms with Crippen molar-refractivity contribution in [2.75, 3.05) is 20.7 Å². The SMILES string of the molecule is CCOc1ccc(/C=N/NC2=[N+](Cc3ccccc3Cl)C3C(=O)N(C)C(=O)N(C)C3=N2)cc1. The maximum atomic E-state index is 13.0. The van der Waals surface area contributed by atoms with E-state index in [2.05, 4.69) is 15.5 Å². The maximum absolute atomic E-state index is 13.0. The molecule has 33 heavy (non-hydrogen) atoms. The number of ether oxygens (including phenoxy) is 1. The van der Waals surface area contributed by atoms with Crippen LogP contribution >= 0.6 is 11.6 Å². The minimum Gasteiger partial charge on any atom is -0.494 e. The second kappa shape index (κ2) is 9.41. The monoisotopic (exact) mass is 467 g/mol. The normalized spacial score (nSPS) is 18.2. The van der Waals surface area contributed by atoms with E-state index in [1.807, 2.05) is 49.4 Å². The molecular formula is C23H24ClN6O3+. The molecule has 1 fully saturated rings. The Morgan fingerprint density at radius 1 is 1.15 bits per heavy atom. The highest BCUT2D eigenvalue weighted by atomic mass is 35.5. The third kappa shape index (κ3) is 4.45. The van der Waals surface area contributed by atoms with Gasteiger partial charge in [0.25, 0.3) is 5.91 Å². The molecule has 0 spiro atoms. The number of rotatable bonds is 6. The Hall–Kier alpha value is -3.72. The summed E-state index contributed by atoms with van der Waals surface area (Å²) >= 11 is 6.37. The molecule has 1 saturated heterocycles. The van der Waals surface area contributed by atoms with Crippen molar-refractivity contribution in [1.82, 2.24) is 15.2 Å². The summed E-state index contributed by atoms with van der Waals surface area (Å²) in [7, 11) is 3.05. The van der Waals surface area contributed by atoms with Crippen molar-refractivity contribution in [3.63, 3.8) is 0 Å². The number of likely N-dealkylation sites (N-methyl/N-ethyl adjacent to an activating group) is 2. The lowest BCUT2D eigenvalue weighted by Crippen LogP contribution is -2.61. The zero-order valence-corrected chi connectivity index (χ0v) is 19.3. The van der Waals surface area contributed by atoms with Gasteiger partial charge in [-0.1, -0.05) is 34.8 Å². The number of urea groups is 1. The number of fused-ring (bicyclic) bond motifs is 1. The van der Waals surface area contributed by atoms with Crippen molar-refractivity contribution in [3.05, 3.63) is 64.7 Å². The molecule has 10 heteroatoms. The quantitative estimate of drug-likeness (QED) is 0.401. The van der Waals surface area contributed by atoms with Gasteiger partial charge < -0.3 is 4.74 Å². The minimum absolute atomic E-state index is 0.305. The first-order chi connectivity index (χ1) is 15.9. The number of hydrogen-bond donors (Lipinski definition) is 1. The van der Waals surface area contributed by atoms with Crippen LogP contribution in [0.1, 0.15) is 18.1 Å². The van der Waals surface area contributed by atoms with E-state index in [-0.39, 0.29) is 5.91 Å². The second-order valence-corrected chi connectivity index (χ2v) is 7.93. The van der Waals surface area contributed by atoms with Crippen molar-refractivity contribution < 1.29 is 18.9 Å². The second-order valence-electron chi connectivity index (χ2n) is 7.53. The molecule has 0 bridgehead atoms. The summed E-state index contributed by atoms with van der Waals surface area (Å²) in [6, 6.07) is 13.7. The molecule has 0 aromatic heterocycles. The largest absolute Gasteiger partial charge is 0.494 e. The molecule has 1 atom stereocenters. The van der Waals surface area contributed by atoms with Crippen molar-refractivity contribution in [3.8, 4) is 5.75 Å². The summed E-state index contributed by atoms with van der Waals surface area (Å²) in [5.41, 5.74) is 4.60.